The van der Waals surface area contributed by atoms with Crippen LogP contribution in [0.15, 0.2) is 48.7 Å². The van der Waals surface area contributed by atoms with E-state index in [9.17, 15) is 10.1 Å². The molecular formula is C23H24N6O3. The fraction of sp³-hybridized carbons (Fsp3) is 0.217. The Hall–Kier alpha value is -4.16. The molecule has 9 heteroatoms. The lowest BCUT2D eigenvalue weighted by Gasteiger charge is -2.13. The minimum absolute atomic E-state index is 0.139. The first kappa shape index (κ1) is 22.5. The Morgan fingerprint density at radius 3 is 2.56 bits per heavy atom. The molecule has 0 atom stereocenters. The third-order valence-corrected chi connectivity index (χ3v) is 4.41. The van der Waals surface area contributed by atoms with Gasteiger partial charge in [-0.05, 0) is 44.4 Å². The van der Waals surface area contributed by atoms with E-state index in [0.717, 1.165) is 5.56 Å². The van der Waals surface area contributed by atoms with Crippen molar-refractivity contribution in [2.75, 3.05) is 45.5 Å². The predicted molar refractivity (Wildman–Crippen MR) is 122 cm³/mol. The molecule has 0 aliphatic rings. The molecule has 0 radical (unpaired) electrons. The molecule has 0 saturated heterocycles. The first-order valence-electron chi connectivity index (χ1n) is 9.74. The van der Waals surface area contributed by atoms with E-state index in [4.69, 9.17) is 9.47 Å². The van der Waals surface area contributed by atoms with Gasteiger partial charge < -0.3 is 25.0 Å². The number of ether oxygens (including phenoxy) is 2. The van der Waals surface area contributed by atoms with E-state index in [1.807, 2.05) is 20.2 Å². The number of anilines is 3. The zero-order valence-corrected chi connectivity index (χ0v) is 18.3. The first-order chi connectivity index (χ1) is 15.4. The highest BCUT2D eigenvalue weighted by Crippen LogP contribution is 2.28. The van der Waals surface area contributed by atoms with Crippen molar-refractivity contribution in [2.45, 2.75) is 0 Å². The molecule has 3 rings (SSSR count). The third-order valence-electron chi connectivity index (χ3n) is 4.41. The molecule has 9 nitrogen and oxygen atoms in total. The minimum Gasteiger partial charge on any atom is -0.497 e. The van der Waals surface area contributed by atoms with Crippen molar-refractivity contribution in [3.63, 3.8) is 0 Å². The zero-order valence-electron chi connectivity index (χ0n) is 18.3. The molecule has 0 aliphatic carbocycles. The lowest BCUT2D eigenvalue weighted by atomic mass is 10.1. The van der Waals surface area contributed by atoms with Gasteiger partial charge in [0.1, 0.15) is 17.6 Å². The molecule has 0 spiro atoms. The van der Waals surface area contributed by atoms with Crippen molar-refractivity contribution < 1.29 is 14.3 Å². The quantitative estimate of drug-likeness (QED) is 0.558. The monoisotopic (exact) mass is 432 g/mol. The highest BCUT2D eigenvalue weighted by Gasteiger charge is 2.10. The summed E-state index contributed by atoms with van der Waals surface area (Å²) < 4.78 is 10.6. The van der Waals surface area contributed by atoms with Gasteiger partial charge in [-0.15, -0.1) is 0 Å². The van der Waals surface area contributed by atoms with Gasteiger partial charge in [0.15, 0.2) is 0 Å². The molecule has 3 aromatic rings. The van der Waals surface area contributed by atoms with E-state index in [1.54, 1.807) is 54.6 Å². The van der Waals surface area contributed by atoms with Crippen molar-refractivity contribution in [3.05, 3.63) is 54.2 Å². The van der Waals surface area contributed by atoms with Gasteiger partial charge in [-0.3, -0.25) is 4.79 Å². The Bertz CT molecular complexity index is 1160. The summed E-state index contributed by atoms with van der Waals surface area (Å²) in [6.45, 7) is 0.262. The van der Waals surface area contributed by atoms with Crippen LogP contribution < -0.4 is 20.1 Å². The smallest absolute Gasteiger partial charge is 0.238 e. The van der Waals surface area contributed by atoms with Crippen LogP contribution in [0.1, 0.15) is 5.56 Å². The van der Waals surface area contributed by atoms with Crippen LogP contribution in [-0.4, -0.2) is 55.6 Å². The lowest BCUT2D eigenvalue weighted by molar-refractivity contribution is -0.116. The number of rotatable bonds is 8. The van der Waals surface area contributed by atoms with Crippen LogP contribution in [-0.2, 0) is 4.79 Å². The predicted octanol–water partition coefficient (Wildman–Crippen LogP) is 3.28. The summed E-state index contributed by atoms with van der Waals surface area (Å²) in [7, 11) is 6.72. The highest BCUT2D eigenvalue weighted by atomic mass is 16.5. The molecule has 0 aliphatic heterocycles. The summed E-state index contributed by atoms with van der Waals surface area (Å²) in [5.74, 6) is 1.29. The van der Waals surface area contributed by atoms with E-state index in [-0.39, 0.29) is 12.5 Å². The van der Waals surface area contributed by atoms with Gasteiger partial charge in [0.2, 0.25) is 11.9 Å². The van der Waals surface area contributed by atoms with Crippen molar-refractivity contribution in [1.82, 2.24) is 14.9 Å². The SMILES string of the molecule is COc1cc(NC(=O)CN(C)C)cc(Nc2nccc(-c3ccc(OC)c(C#N)c3)n2)c1. The fourth-order valence-electron chi connectivity index (χ4n) is 3.01. The van der Waals surface area contributed by atoms with Crippen LogP contribution >= 0.6 is 0 Å². The summed E-state index contributed by atoms with van der Waals surface area (Å²) in [4.78, 5) is 22.7. The number of amides is 1. The Balaban J connectivity index is 1.86. The molecule has 1 amide bonds. The van der Waals surface area contributed by atoms with Crippen molar-refractivity contribution in [1.29, 1.82) is 5.26 Å². The van der Waals surface area contributed by atoms with Gasteiger partial charge in [-0.1, -0.05) is 0 Å². The minimum atomic E-state index is -0.139. The average molecular weight is 432 g/mol. The van der Waals surface area contributed by atoms with Crippen molar-refractivity contribution in [2.24, 2.45) is 0 Å². The van der Waals surface area contributed by atoms with E-state index in [2.05, 4.69) is 26.7 Å². The van der Waals surface area contributed by atoms with Crippen LogP contribution in [0.25, 0.3) is 11.3 Å². The standard InChI is InChI=1S/C23H24N6O3/c1-29(2)14-22(30)26-17-10-18(12-19(11-17)31-3)27-23-25-8-7-20(28-23)15-5-6-21(32-4)16(9-15)13-24/h5-12H,14H2,1-4H3,(H,26,30)(H,25,27,28). The summed E-state index contributed by atoms with van der Waals surface area (Å²) in [6.07, 6.45) is 1.63. The summed E-state index contributed by atoms with van der Waals surface area (Å²) in [6, 6.07) is 14.4. The van der Waals surface area contributed by atoms with Gasteiger partial charge in [0, 0.05) is 35.3 Å². The Morgan fingerprint density at radius 2 is 1.88 bits per heavy atom. The first-order valence-corrected chi connectivity index (χ1v) is 9.74. The molecular weight excluding hydrogens is 408 g/mol. The van der Waals surface area contributed by atoms with Gasteiger partial charge in [-0.2, -0.15) is 5.26 Å². The zero-order chi connectivity index (χ0) is 23.1. The van der Waals surface area contributed by atoms with Gasteiger partial charge in [0.05, 0.1) is 32.0 Å². The third kappa shape index (κ3) is 5.71. The van der Waals surface area contributed by atoms with Crippen LogP contribution in [0.4, 0.5) is 17.3 Å². The second kappa shape index (κ2) is 10.2. The number of nitrogens with zero attached hydrogens (tertiary/aromatic N) is 4. The molecule has 1 heterocycles. The van der Waals surface area contributed by atoms with E-state index in [1.165, 1.54) is 7.11 Å². The second-order valence-corrected chi connectivity index (χ2v) is 7.15. The molecule has 1 aromatic heterocycles. The molecule has 2 aromatic carbocycles. The van der Waals surface area contributed by atoms with Gasteiger partial charge in [0.25, 0.3) is 0 Å². The number of likely N-dealkylation sites (N-methyl/N-ethyl adjacent to an activating group) is 1. The number of hydrogen-bond donors (Lipinski definition) is 2. The molecule has 164 valence electrons. The highest BCUT2D eigenvalue weighted by molar-refractivity contribution is 5.93. The van der Waals surface area contributed by atoms with Crippen LogP contribution in [0.2, 0.25) is 0 Å². The number of methoxy groups -OCH3 is 2. The van der Waals surface area contributed by atoms with E-state index < -0.39 is 0 Å². The van der Waals surface area contributed by atoms with Crippen LogP contribution in [0, 0.1) is 11.3 Å². The number of nitrogens with one attached hydrogen (secondary N) is 2. The molecule has 32 heavy (non-hydrogen) atoms. The van der Waals surface area contributed by atoms with E-state index in [0.29, 0.717) is 40.1 Å². The summed E-state index contributed by atoms with van der Waals surface area (Å²) >= 11 is 0. The molecule has 0 fully saturated rings. The number of aromatic nitrogens is 2. The van der Waals surface area contributed by atoms with Gasteiger partial charge in [-0.25, -0.2) is 9.97 Å². The maximum atomic E-state index is 12.1. The average Bonchev–Trinajstić information content (AvgIpc) is 2.77. The number of carbonyl (C=O) groups is 1. The normalized spacial score (nSPS) is 10.4. The topological polar surface area (TPSA) is 112 Å². The van der Waals surface area contributed by atoms with E-state index >= 15 is 0 Å². The summed E-state index contributed by atoms with van der Waals surface area (Å²) in [5.41, 5.74) is 3.06. The number of nitriles is 1. The molecule has 0 bridgehead atoms. The van der Waals surface area contributed by atoms with Crippen molar-refractivity contribution >= 4 is 23.2 Å². The maximum absolute atomic E-state index is 12.1. The molecule has 0 saturated carbocycles. The molecule has 2 N–H and O–H groups in total. The van der Waals surface area contributed by atoms with Gasteiger partial charge >= 0.3 is 0 Å². The summed E-state index contributed by atoms with van der Waals surface area (Å²) in [5, 5.41) is 15.3. The number of carbonyl (C=O) groups excluding carboxylic acids is 1. The van der Waals surface area contributed by atoms with Crippen LogP contribution in [0.5, 0.6) is 11.5 Å². The Labute approximate surface area is 186 Å². The second-order valence-electron chi connectivity index (χ2n) is 7.15. The Kier molecular flexibility index (Phi) is 7.21. The lowest BCUT2D eigenvalue weighted by Crippen LogP contribution is -2.27. The van der Waals surface area contributed by atoms with Crippen molar-refractivity contribution in [3.8, 4) is 28.8 Å². The largest absolute Gasteiger partial charge is 0.497 e. The number of benzene rings is 2. The Morgan fingerprint density at radius 1 is 1.09 bits per heavy atom. The number of hydrogen-bond acceptors (Lipinski definition) is 8. The van der Waals surface area contributed by atoms with Crippen LogP contribution in [0.3, 0.4) is 0 Å². The molecule has 0 unspecified atom stereocenters. The fourth-order valence-corrected chi connectivity index (χ4v) is 3.01. The maximum Gasteiger partial charge on any atom is 0.238 e.